The molecule has 2 atom stereocenters. The van der Waals surface area contributed by atoms with Gasteiger partial charge >= 0.3 is 5.72 Å². The van der Waals surface area contributed by atoms with E-state index in [9.17, 15) is 14.0 Å². The lowest BCUT2D eigenvalue weighted by atomic mass is 10.1. The highest BCUT2D eigenvalue weighted by atomic mass is 35.7. The van der Waals surface area contributed by atoms with Gasteiger partial charge in [-0.1, -0.05) is 13.8 Å². The second-order valence-electron chi connectivity index (χ2n) is 8.51. The van der Waals surface area contributed by atoms with Crippen molar-refractivity contribution in [3.8, 4) is 0 Å². The largest absolute Gasteiger partial charge is 0.301 e. The molecule has 0 N–H and O–H groups in total. The van der Waals surface area contributed by atoms with Crippen molar-refractivity contribution in [3.63, 3.8) is 0 Å². The summed E-state index contributed by atoms with van der Waals surface area (Å²) >= 11 is 0. The van der Waals surface area contributed by atoms with Gasteiger partial charge in [-0.3, -0.25) is 9.80 Å². The second-order valence-corrected chi connectivity index (χ2v) is 9.42. The van der Waals surface area contributed by atoms with Crippen LogP contribution in [0.2, 0.25) is 0 Å². The van der Waals surface area contributed by atoms with Crippen LogP contribution in [0.1, 0.15) is 69.2 Å². The van der Waals surface area contributed by atoms with Crippen LogP contribution in [0.15, 0.2) is 0 Å². The molecule has 1 saturated carbocycles. The van der Waals surface area contributed by atoms with Crippen molar-refractivity contribution in [3.05, 3.63) is 0 Å². The van der Waals surface area contributed by atoms with Crippen molar-refractivity contribution in [1.82, 2.24) is 9.80 Å². The molecule has 0 aromatic heterocycles. The molecule has 1 rings (SSSR count). The smallest absolute Gasteiger partial charge is 0.290 e. The molecule has 0 aromatic rings. The summed E-state index contributed by atoms with van der Waals surface area (Å²) in [5.74, 6) is 0. The third kappa shape index (κ3) is 3.75. The van der Waals surface area contributed by atoms with Crippen LogP contribution in [-0.4, -0.2) is 45.7 Å². The minimum atomic E-state index is -4.53. The summed E-state index contributed by atoms with van der Waals surface area (Å²) in [7, 11) is -4.53. The molecule has 6 nitrogen and oxygen atoms in total. The van der Waals surface area contributed by atoms with Gasteiger partial charge in [-0.05, 0) is 55.4 Å². The Morgan fingerprint density at radius 2 is 1.17 bits per heavy atom. The van der Waals surface area contributed by atoms with E-state index in [-0.39, 0.29) is 30.2 Å². The molecule has 2 unspecified atom stereocenters. The first kappa shape index (κ1) is 22.1. The fourth-order valence-electron chi connectivity index (χ4n) is 4.60. The summed E-state index contributed by atoms with van der Waals surface area (Å²) in [5, 5.41) is 0. The molecular formula is C17H35ClN2O4. The Bertz CT molecular complexity index is 419. The lowest BCUT2D eigenvalue weighted by Gasteiger charge is -2.39. The van der Waals surface area contributed by atoms with Crippen LogP contribution in [-0.2, 0) is 4.29 Å². The Morgan fingerprint density at radius 1 is 0.792 bits per heavy atom. The van der Waals surface area contributed by atoms with Crippen molar-refractivity contribution >= 4 is 0 Å². The van der Waals surface area contributed by atoms with Crippen molar-refractivity contribution in [1.29, 1.82) is 0 Å². The van der Waals surface area contributed by atoms with Crippen molar-refractivity contribution in [2.75, 3.05) is 0 Å². The Kier molecular flexibility index (Phi) is 6.43. The van der Waals surface area contributed by atoms with Gasteiger partial charge in [0.2, 0.25) is 0 Å². The van der Waals surface area contributed by atoms with Gasteiger partial charge in [0.25, 0.3) is 0 Å². The molecule has 7 heteroatoms. The van der Waals surface area contributed by atoms with Crippen LogP contribution in [0.25, 0.3) is 0 Å². The predicted octanol–water partition coefficient (Wildman–Crippen LogP) is 0.243. The molecule has 0 saturated heterocycles. The van der Waals surface area contributed by atoms with E-state index in [1.165, 1.54) is 0 Å². The maximum atomic E-state index is 11.6. The normalized spacial score (nSPS) is 27.4. The SMILES string of the molecule is CC(C)N(C(C)C)C1C(C)(C)C1(O[Cl+3]([O-])([O-])[O-])N(C(C)C)C(C)C. The van der Waals surface area contributed by atoms with Crippen molar-refractivity contribution in [2.24, 2.45) is 5.41 Å². The highest BCUT2D eigenvalue weighted by Gasteiger charge is 2.86. The molecular weight excluding hydrogens is 332 g/mol. The predicted molar refractivity (Wildman–Crippen MR) is 85.6 cm³/mol. The third-order valence-corrected chi connectivity index (χ3v) is 5.52. The van der Waals surface area contributed by atoms with E-state index in [0.29, 0.717) is 0 Å². The zero-order valence-corrected chi connectivity index (χ0v) is 17.5. The molecule has 0 amide bonds. The number of nitrogens with zero attached hydrogens (tertiary/aromatic N) is 2. The summed E-state index contributed by atoms with van der Waals surface area (Å²) in [6.07, 6.45) is 0. The molecule has 1 aliphatic carbocycles. The van der Waals surface area contributed by atoms with Gasteiger partial charge in [0.05, 0.1) is 20.6 Å². The van der Waals surface area contributed by atoms with Gasteiger partial charge in [-0.25, -0.2) is 0 Å². The fourth-order valence-corrected chi connectivity index (χ4v) is 5.26. The van der Waals surface area contributed by atoms with Crippen LogP contribution in [0.4, 0.5) is 0 Å². The Hall–Kier alpha value is 0.0500. The van der Waals surface area contributed by atoms with E-state index < -0.39 is 21.4 Å². The monoisotopic (exact) mass is 366 g/mol. The molecule has 1 aliphatic rings. The Labute approximate surface area is 149 Å². The third-order valence-electron chi connectivity index (χ3n) is 5.09. The maximum Gasteiger partial charge on any atom is 0.301 e. The first-order valence-corrected chi connectivity index (χ1v) is 10.0. The molecule has 0 bridgehead atoms. The van der Waals surface area contributed by atoms with Gasteiger partial charge in [0.1, 0.15) is 0 Å². The van der Waals surface area contributed by atoms with Crippen molar-refractivity contribution < 1.29 is 28.5 Å². The second kappa shape index (κ2) is 6.99. The van der Waals surface area contributed by atoms with Crippen LogP contribution >= 0.6 is 0 Å². The first-order valence-electron chi connectivity index (χ1n) is 8.78. The summed E-state index contributed by atoms with van der Waals surface area (Å²) < 4.78 is 40.0. The summed E-state index contributed by atoms with van der Waals surface area (Å²) in [6, 6.07) is 0.282. The standard InChI is InChI=1S/C17H35ClN2O4/c1-11(2)19(12(3)4)15-16(9,10)17(15,24-18(21,22)23)20(13(5)6)14(7)8/h11-15H,1-10H3. The fraction of sp³-hybridized carbons (Fsp3) is 1.00. The number of hydrogen-bond acceptors (Lipinski definition) is 6. The quantitative estimate of drug-likeness (QED) is 0.572. The lowest BCUT2D eigenvalue weighted by Crippen LogP contribution is -2.67. The van der Waals surface area contributed by atoms with E-state index in [0.717, 1.165) is 0 Å². The van der Waals surface area contributed by atoms with Crippen LogP contribution in [0, 0.1) is 15.7 Å². The highest BCUT2D eigenvalue weighted by molar-refractivity contribution is 5.26. The summed E-state index contributed by atoms with van der Waals surface area (Å²) in [6.45, 7) is 20.3. The van der Waals surface area contributed by atoms with Crippen LogP contribution < -0.4 is 14.0 Å². The maximum absolute atomic E-state index is 11.6. The van der Waals surface area contributed by atoms with Crippen LogP contribution in [0.5, 0.6) is 0 Å². The van der Waals surface area contributed by atoms with E-state index in [2.05, 4.69) is 32.6 Å². The molecule has 0 aromatic carbocycles. The first-order chi connectivity index (χ1) is 10.6. The summed E-state index contributed by atoms with van der Waals surface area (Å²) in [5.41, 5.74) is -1.66. The van der Waals surface area contributed by atoms with Gasteiger partial charge < -0.3 is 0 Å². The molecule has 24 heavy (non-hydrogen) atoms. The van der Waals surface area contributed by atoms with Gasteiger partial charge in [-0.2, -0.15) is 14.0 Å². The number of hydrogen-bond donors (Lipinski definition) is 0. The van der Waals surface area contributed by atoms with Crippen LogP contribution in [0.3, 0.4) is 0 Å². The topological polar surface area (TPSA) is 84.9 Å². The van der Waals surface area contributed by atoms with Crippen molar-refractivity contribution in [2.45, 2.75) is 105 Å². The molecule has 144 valence electrons. The zero-order chi connectivity index (χ0) is 19.2. The van der Waals surface area contributed by atoms with E-state index >= 15 is 0 Å². The molecule has 0 aliphatic heterocycles. The lowest BCUT2D eigenvalue weighted by molar-refractivity contribution is -1.92. The molecule has 0 heterocycles. The Morgan fingerprint density at radius 3 is 1.42 bits per heavy atom. The zero-order valence-electron chi connectivity index (χ0n) is 16.8. The Balaban J connectivity index is 3.49. The summed E-state index contributed by atoms with van der Waals surface area (Å²) in [4.78, 5) is 4.27. The van der Waals surface area contributed by atoms with Gasteiger partial charge in [0, 0.05) is 29.6 Å². The molecule has 0 radical (unpaired) electrons. The highest BCUT2D eigenvalue weighted by Crippen LogP contribution is 2.65. The van der Waals surface area contributed by atoms with Gasteiger partial charge in [-0.15, -0.1) is 0 Å². The molecule has 0 spiro atoms. The number of halogens is 1. The average Bonchev–Trinajstić information content (AvgIpc) is 2.71. The molecule has 1 fully saturated rings. The average molecular weight is 367 g/mol. The van der Waals surface area contributed by atoms with E-state index in [1.54, 1.807) is 0 Å². The number of rotatable bonds is 8. The van der Waals surface area contributed by atoms with Gasteiger partial charge in [0.15, 0.2) is 0 Å². The minimum absolute atomic E-state index is 0.0346. The van der Waals surface area contributed by atoms with E-state index in [4.69, 9.17) is 4.29 Å². The minimum Gasteiger partial charge on any atom is -0.290 e. The van der Waals surface area contributed by atoms with E-state index in [1.807, 2.05) is 46.4 Å².